The molecular weight excluding hydrogens is 248 g/mol. The molecule has 0 spiro atoms. The van der Waals surface area contributed by atoms with Crippen LogP contribution in [0.15, 0.2) is 33.6 Å². The standard InChI is InChI=1S/C10H9BrO3/c1-6-9(12)7(11)5-14-10(6)8-3-2-4-13-8/h2-6,10H,1H3/t6-,10+/m1/s1. The Morgan fingerprint density at radius 2 is 2.29 bits per heavy atom. The van der Waals surface area contributed by atoms with Gasteiger partial charge in [-0.2, -0.15) is 0 Å². The van der Waals surface area contributed by atoms with Crippen LogP contribution in [0.2, 0.25) is 0 Å². The highest BCUT2D eigenvalue weighted by Gasteiger charge is 2.33. The summed E-state index contributed by atoms with van der Waals surface area (Å²) >= 11 is 3.14. The van der Waals surface area contributed by atoms with Crippen molar-refractivity contribution in [1.82, 2.24) is 0 Å². The zero-order chi connectivity index (χ0) is 10.1. The normalized spacial score (nSPS) is 27.0. The molecule has 0 aromatic carbocycles. The molecule has 0 aliphatic carbocycles. The van der Waals surface area contributed by atoms with Gasteiger partial charge >= 0.3 is 0 Å². The number of carbonyl (C=O) groups excluding carboxylic acids is 1. The van der Waals surface area contributed by atoms with E-state index >= 15 is 0 Å². The van der Waals surface area contributed by atoms with Crippen molar-refractivity contribution in [2.45, 2.75) is 13.0 Å². The highest BCUT2D eigenvalue weighted by Crippen LogP contribution is 2.34. The smallest absolute Gasteiger partial charge is 0.179 e. The minimum atomic E-state index is -0.307. The number of hydrogen-bond acceptors (Lipinski definition) is 3. The van der Waals surface area contributed by atoms with Crippen molar-refractivity contribution in [2.24, 2.45) is 5.92 Å². The van der Waals surface area contributed by atoms with Crippen molar-refractivity contribution in [3.8, 4) is 0 Å². The number of allylic oxidation sites excluding steroid dienone is 1. The minimum Gasteiger partial charge on any atom is -0.488 e. The molecule has 14 heavy (non-hydrogen) atoms. The number of hydrogen-bond donors (Lipinski definition) is 0. The van der Waals surface area contributed by atoms with Crippen molar-refractivity contribution < 1.29 is 13.9 Å². The third-order valence-electron chi connectivity index (χ3n) is 2.24. The highest BCUT2D eigenvalue weighted by atomic mass is 79.9. The average molecular weight is 257 g/mol. The first-order chi connectivity index (χ1) is 6.70. The second kappa shape index (κ2) is 3.61. The maximum absolute atomic E-state index is 11.6. The number of rotatable bonds is 1. The number of furan rings is 1. The second-order valence-electron chi connectivity index (χ2n) is 3.19. The molecule has 1 aromatic rings. The number of ketones is 1. The molecule has 4 heteroatoms. The first-order valence-corrected chi connectivity index (χ1v) is 5.08. The lowest BCUT2D eigenvalue weighted by molar-refractivity contribution is -0.124. The second-order valence-corrected chi connectivity index (χ2v) is 4.05. The van der Waals surface area contributed by atoms with Crippen LogP contribution >= 0.6 is 15.9 Å². The fourth-order valence-electron chi connectivity index (χ4n) is 1.43. The van der Waals surface area contributed by atoms with Crippen molar-refractivity contribution in [3.05, 3.63) is 34.9 Å². The summed E-state index contributed by atoms with van der Waals surface area (Å²) < 4.78 is 11.1. The maximum atomic E-state index is 11.6. The van der Waals surface area contributed by atoms with Gasteiger partial charge in [-0.15, -0.1) is 0 Å². The lowest BCUT2D eigenvalue weighted by atomic mass is 9.96. The Balaban J connectivity index is 2.28. The third-order valence-corrected chi connectivity index (χ3v) is 2.82. The summed E-state index contributed by atoms with van der Waals surface area (Å²) in [6.07, 6.45) is 2.69. The Hall–Kier alpha value is -1.03. The highest BCUT2D eigenvalue weighted by molar-refractivity contribution is 9.12. The average Bonchev–Trinajstić information content (AvgIpc) is 2.67. The molecule has 1 aromatic heterocycles. The molecule has 0 saturated carbocycles. The molecule has 3 nitrogen and oxygen atoms in total. The molecule has 0 radical (unpaired) electrons. The molecule has 2 rings (SSSR count). The van der Waals surface area contributed by atoms with Gasteiger partial charge in [-0.3, -0.25) is 4.79 Å². The van der Waals surface area contributed by atoms with E-state index in [4.69, 9.17) is 9.15 Å². The van der Waals surface area contributed by atoms with Crippen LogP contribution in [-0.2, 0) is 9.53 Å². The first-order valence-electron chi connectivity index (χ1n) is 4.29. The van der Waals surface area contributed by atoms with Gasteiger partial charge in [0.05, 0.1) is 16.7 Å². The molecule has 0 unspecified atom stereocenters. The molecule has 0 saturated heterocycles. The summed E-state index contributed by atoms with van der Waals surface area (Å²) in [5, 5.41) is 0. The monoisotopic (exact) mass is 256 g/mol. The van der Waals surface area contributed by atoms with E-state index < -0.39 is 0 Å². The Morgan fingerprint density at radius 1 is 1.50 bits per heavy atom. The van der Waals surface area contributed by atoms with Crippen LogP contribution in [0.1, 0.15) is 18.8 Å². The molecule has 2 atom stereocenters. The van der Waals surface area contributed by atoms with E-state index in [0.717, 1.165) is 0 Å². The van der Waals surface area contributed by atoms with Crippen LogP contribution in [0, 0.1) is 5.92 Å². The lowest BCUT2D eigenvalue weighted by Gasteiger charge is -2.24. The molecule has 0 amide bonds. The van der Waals surface area contributed by atoms with Gasteiger partial charge in [0.15, 0.2) is 11.9 Å². The molecule has 1 aliphatic rings. The van der Waals surface area contributed by atoms with Gasteiger partial charge in [-0.25, -0.2) is 0 Å². The number of ether oxygens (including phenoxy) is 1. The van der Waals surface area contributed by atoms with Crippen LogP contribution in [0.3, 0.4) is 0 Å². The molecule has 0 bridgehead atoms. The molecule has 1 aliphatic heterocycles. The zero-order valence-corrected chi connectivity index (χ0v) is 9.15. The SMILES string of the molecule is C[C@@H]1C(=O)C(Br)=CO[C@@H]1c1ccco1. The van der Waals surface area contributed by atoms with Crippen molar-refractivity contribution in [2.75, 3.05) is 0 Å². The van der Waals surface area contributed by atoms with Crippen LogP contribution in [-0.4, -0.2) is 5.78 Å². The van der Waals surface area contributed by atoms with Gasteiger partial charge in [-0.1, -0.05) is 6.92 Å². The number of carbonyl (C=O) groups is 1. The summed E-state index contributed by atoms with van der Waals surface area (Å²) in [6, 6.07) is 3.59. The van der Waals surface area contributed by atoms with Crippen molar-refractivity contribution in [1.29, 1.82) is 0 Å². The molecule has 74 valence electrons. The van der Waals surface area contributed by atoms with Gasteiger partial charge < -0.3 is 9.15 Å². The molecule has 0 N–H and O–H groups in total. The maximum Gasteiger partial charge on any atom is 0.179 e. The number of Topliss-reactive ketones (excluding diaryl/α,β-unsaturated/α-hetero) is 1. The summed E-state index contributed by atoms with van der Waals surface area (Å²) in [7, 11) is 0. The fraction of sp³-hybridized carbons (Fsp3) is 0.300. The molecule has 2 heterocycles. The van der Waals surface area contributed by atoms with Crippen LogP contribution in [0.5, 0.6) is 0 Å². The van der Waals surface area contributed by atoms with E-state index in [2.05, 4.69) is 15.9 Å². The Morgan fingerprint density at radius 3 is 2.93 bits per heavy atom. The van der Waals surface area contributed by atoms with Gasteiger partial charge in [0.1, 0.15) is 12.0 Å². The molecular formula is C10H9BrO3. The summed E-state index contributed by atoms with van der Waals surface area (Å²) in [4.78, 5) is 11.6. The van der Waals surface area contributed by atoms with E-state index in [9.17, 15) is 4.79 Å². The predicted molar refractivity (Wildman–Crippen MR) is 53.7 cm³/mol. The van der Waals surface area contributed by atoms with E-state index in [1.807, 2.05) is 13.0 Å². The molecule has 0 fully saturated rings. The van der Waals surface area contributed by atoms with Crippen LogP contribution in [0.4, 0.5) is 0 Å². The van der Waals surface area contributed by atoms with Crippen molar-refractivity contribution in [3.63, 3.8) is 0 Å². The predicted octanol–water partition coefficient (Wildman–Crippen LogP) is 2.79. The van der Waals surface area contributed by atoms with E-state index in [-0.39, 0.29) is 17.8 Å². The van der Waals surface area contributed by atoms with Gasteiger partial charge in [0.2, 0.25) is 0 Å². The van der Waals surface area contributed by atoms with Gasteiger partial charge in [-0.05, 0) is 28.1 Å². The van der Waals surface area contributed by atoms with Crippen LogP contribution in [0.25, 0.3) is 0 Å². The summed E-state index contributed by atoms with van der Waals surface area (Å²) in [6.45, 7) is 1.82. The quantitative estimate of drug-likeness (QED) is 0.776. The summed E-state index contributed by atoms with van der Waals surface area (Å²) in [5.74, 6) is 0.500. The minimum absolute atomic E-state index is 0.0395. The van der Waals surface area contributed by atoms with Gasteiger partial charge in [0, 0.05) is 0 Å². The van der Waals surface area contributed by atoms with E-state index in [0.29, 0.717) is 10.2 Å². The number of halogens is 1. The lowest BCUT2D eigenvalue weighted by Crippen LogP contribution is -2.24. The largest absolute Gasteiger partial charge is 0.488 e. The topological polar surface area (TPSA) is 39.4 Å². The Labute approximate surface area is 89.9 Å². The van der Waals surface area contributed by atoms with E-state index in [1.54, 1.807) is 12.3 Å². The summed E-state index contributed by atoms with van der Waals surface area (Å²) in [5.41, 5.74) is 0. The first kappa shape index (κ1) is 9.52. The van der Waals surface area contributed by atoms with Crippen LogP contribution < -0.4 is 0 Å². The Kier molecular flexibility index (Phi) is 2.46. The Bertz CT molecular complexity index is 367. The van der Waals surface area contributed by atoms with E-state index in [1.165, 1.54) is 6.26 Å². The van der Waals surface area contributed by atoms with Gasteiger partial charge in [0.25, 0.3) is 0 Å². The third kappa shape index (κ3) is 1.50. The van der Waals surface area contributed by atoms with Crippen molar-refractivity contribution >= 4 is 21.7 Å². The zero-order valence-electron chi connectivity index (χ0n) is 7.57. The fourth-order valence-corrected chi connectivity index (χ4v) is 1.90.